The lowest BCUT2D eigenvalue weighted by atomic mass is 9.63. The van der Waals surface area contributed by atoms with Crippen LogP contribution in [0.25, 0.3) is 0 Å². The lowest BCUT2D eigenvalue weighted by Gasteiger charge is -2.41. The van der Waals surface area contributed by atoms with Crippen molar-refractivity contribution in [2.24, 2.45) is 23.2 Å². The van der Waals surface area contributed by atoms with E-state index in [1.165, 1.54) is 83.5 Å². The van der Waals surface area contributed by atoms with E-state index in [4.69, 9.17) is 0 Å². The molecule has 0 saturated heterocycles. The second-order valence-corrected chi connectivity index (χ2v) is 7.89. The van der Waals surface area contributed by atoms with Gasteiger partial charge in [-0.2, -0.15) is 5.26 Å². The summed E-state index contributed by atoms with van der Waals surface area (Å²) >= 11 is 0. The molecule has 0 spiro atoms. The van der Waals surface area contributed by atoms with Crippen molar-refractivity contribution in [3.05, 3.63) is 0 Å². The van der Waals surface area contributed by atoms with Crippen LogP contribution >= 0.6 is 0 Å². The fraction of sp³-hybridized carbons (Fsp3) is 0.950. The summed E-state index contributed by atoms with van der Waals surface area (Å²) in [5.74, 6) is 2.71. The highest BCUT2D eigenvalue weighted by atomic mass is 14.4. The van der Waals surface area contributed by atoms with E-state index in [1.807, 2.05) is 0 Å². The first kappa shape index (κ1) is 16.9. The van der Waals surface area contributed by atoms with Crippen molar-refractivity contribution >= 4 is 0 Å². The smallest absolute Gasteiger partial charge is 0.0689 e. The molecule has 2 aliphatic carbocycles. The van der Waals surface area contributed by atoms with E-state index < -0.39 is 0 Å². The Balaban J connectivity index is 1.88. The molecule has 0 radical (unpaired) electrons. The van der Waals surface area contributed by atoms with Crippen molar-refractivity contribution in [2.45, 2.75) is 97.3 Å². The Morgan fingerprint density at radius 3 is 2.14 bits per heavy atom. The average molecular weight is 290 g/mol. The van der Waals surface area contributed by atoms with E-state index in [9.17, 15) is 5.26 Å². The summed E-state index contributed by atoms with van der Waals surface area (Å²) in [7, 11) is 0. The lowest BCUT2D eigenvalue weighted by Crippen LogP contribution is -2.31. The molecule has 0 aromatic rings. The summed E-state index contributed by atoms with van der Waals surface area (Å²) < 4.78 is 0. The zero-order chi connectivity index (χ0) is 15.1. The predicted molar refractivity (Wildman–Crippen MR) is 89.9 cm³/mol. The molecule has 1 nitrogen and oxygen atoms in total. The summed E-state index contributed by atoms with van der Waals surface area (Å²) in [5, 5.41) is 9.80. The lowest BCUT2D eigenvalue weighted by molar-refractivity contribution is 0.116. The van der Waals surface area contributed by atoms with Crippen LogP contribution in [0.2, 0.25) is 0 Å². The number of nitrogens with zero attached hydrogens (tertiary/aromatic N) is 1. The van der Waals surface area contributed by atoms with Crippen molar-refractivity contribution in [1.82, 2.24) is 0 Å². The van der Waals surface area contributed by atoms with Gasteiger partial charge in [-0.05, 0) is 49.9 Å². The number of hydrogen-bond acceptors (Lipinski definition) is 1. The second-order valence-electron chi connectivity index (χ2n) is 7.89. The van der Waals surface area contributed by atoms with Crippen LogP contribution in [0.15, 0.2) is 0 Å². The number of nitriles is 1. The minimum Gasteiger partial charge on any atom is -0.198 e. The van der Waals surface area contributed by atoms with Crippen molar-refractivity contribution in [1.29, 1.82) is 5.26 Å². The Bertz CT molecular complexity index is 326. The van der Waals surface area contributed by atoms with Gasteiger partial charge in [-0.1, -0.05) is 65.2 Å². The van der Waals surface area contributed by atoms with Crippen LogP contribution in [-0.4, -0.2) is 0 Å². The van der Waals surface area contributed by atoms with Gasteiger partial charge in [0.2, 0.25) is 0 Å². The first-order chi connectivity index (χ1) is 10.2. The molecule has 0 aromatic heterocycles. The molecule has 2 fully saturated rings. The molecule has 2 saturated carbocycles. The standard InChI is InChI=1S/C20H35N/c1-3-8-17(4-2)15-20(16-21)13-11-19(12-14-20)18-9-6-5-7-10-18/h17-19H,3-15H2,1-2H3/t17?,19-,20+. The van der Waals surface area contributed by atoms with Gasteiger partial charge in [0.25, 0.3) is 0 Å². The SMILES string of the molecule is CCCC(CC)C[C@]1(C#N)CC[C@@H](C2CCCCC2)CC1. The molecule has 0 bridgehead atoms. The van der Waals surface area contributed by atoms with Gasteiger partial charge < -0.3 is 0 Å². The van der Waals surface area contributed by atoms with Gasteiger partial charge in [0.1, 0.15) is 0 Å². The summed E-state index contributed by atoms with van der Waals surface area (Å²) in [6, 6.07) is 2.76. The van der Waals surface area contributed by atoms with Crippen LogP contribution in [0, 0.1) is 34.5 Å². The first-order valence-electron chi connectivity index (χ1n) is 9.64. The molecule has 0 amide bonds. The van der Waals surface area contributed by atoms with Crippen molar-refractivity contribution in [2.75, 3.05) is 0 Å². The largest absolute Gasteiger partial charge is 0.198 e. The van der Waals surface area contributed by atoms with Crippen molar-refractivity contribution < 1.29 is 0 Å². The zero-order valence-corrected chi connectivity index (χ0v) is 14.4. The molecule has 2 aliphatic rings. The quantitative estimate of drug-likeness (QED) is 0.548. The molecule has 0 N–H and O–H groups in total. The molecule has 2 rings (SSSR count). The Kier molecular flexibility index (Phi) is 6.59. The summed E-state index contributed by atoms with van der Waals surface area (Å²) in [6.45, 7) is 4.58. The molecule has 0 heterocycles. The van der Waals surface area contributed by atoms with Crippen molar-refractivity contribution in [3.8, 4) is 6.07 Å². The van der Waals surface area contributed by atoms with E-state index in [0.717, 1.165) is 17.8 Å². The van der Waals surface area contributed by atoms with E-state index in [0.29, 0.717) is 0 Å². The molecular formula is C20H35N. The molecule has 0 aliphatic heterocycles. The third-order valence-corrected chi connectivity index (χ3v) is 6.49. The first-order valence-corrected chi connectivity index (χ1v) is 9.64. The van der Waals surface area contributed by atoms with Crippen LogP contribution in [0.3, 0.4) is 0 Å². The third kappa shape index (κ3) is 4.48. The molecule has 120 valence electrons. The summed E-state index contributed by atoms with van der Waals surface area (Å²) in [6.07, 6.45) is 17.4. The van der Waals surface area contributed by atoms with Gasteiger partial charge in [0.15, 0.2) is 0 Å². The van der Waals surface area contributed by atoms with E-state index in [-0.39, 0.29) is 5.41 Å². The highest BCUT2D eigenvalue weighted by Crippen LogP contribution is 2.48. The third-order valence-electron chi connectivity index (χ3n) is 6.49. The maximum absolute atomic E-state index is 9.80. The maximum atomic E-state index is 9.80. The highest BCUT2D eigenvalue weighted by Gasteiger charge is 2.39. The molecular weight excluding hydrogens is 254 g/mol. The van der Waals surface area contributed by atoms with Crippen LogP contribution in [0.4, 0.5) is 0 Å². The molecule has 1 atom stereocenters. The fourth-order valence-electron chi connectivity index (χ4n) is 5.04. The zero-order valence-electron chi connectivity index (χ0n) is 14.4. The highest BCUT2D eigenvalue weighted by molar-refractivity contribution is 5.03. The summed E-state index contributed by atoms with van der Waals surface area (Å²) in [4.78, 5) is 0. The minimum absolute atomic E-state index is 0.0288. The monoisotopic (exact) mass is 289 g/mol. The maximum Gasteiger partial charge on any atom is 0.0689 e. The minimum atomic E-state index is 0.0288. The van der Waals surface area contributed by atoms with E-state index in [2.05, 4.69) is 19.9 Å². The predicted octanol–water partition coefficient (Wildman–Crippen LogP) is 6.48. The normalized spacial score (nSPS) is 32.5. The van der Waals surface area contributed by atoms with E-state index in [1.54, 1.807) is 0 Å². The molecule has 21 heavy (non-hydrogen) atoms. The average Bonchev–Trinajstić information content (AvgIpc) is 2.56. The fourth-order valence-corrected chi connectivity index (χ4v) is 5.04. The van der Waals surface area contributed by atoms with E-state index >= 15 is 0 Å². The Labute approximate surface area is 132 Å². The van der Waals surface area contributed by atoms with Crippen LogP contribution in [0.5, 0.6) is 0 Å². The topological polar surface area (TPSA) is 23.8 Å². The van der Waals surface area contributed by atoms with Gasteiger partial charge in [0, 0.05) is 0 Å². The summed E-state index contributed by atoms with van der Waals surface area (Å²) in [5.41, 5.74) is 0.0288. The number of hydrogen-bond donors (Lipinski definition) is 0. The number of rotatable bonds is 6. The van der Waals surface area contributed by atoms with Crippen molar-refractivity contribution in [3.63, 3.8) is 0 Å². The van der Waals surface area contributed by atoms with Gasteiger partial charge in [0.05, 0.1) is 11.5 Å². The Morgan fingerprint density at radius 2 is 1.62 bits per heavy atom. The van der Waals surface area contributed by atoms with Gasteiger partial charge >= 0.3 is 0 Å². The molecule has 0 aromatic carbocycles. The Hall–Kier alpha value is -0.510. The van der Waals surface area contributed by atoms with Crippen LogP contribution in [-0.2, 0) is 0 Å². The van der Waals surface area contributed by atoms with Crippen LogP contribution < -0.4 is 0 Å². The van der Waals surface area contributed by atoms with Crippen LogP contribution in [0.1, 0.15) is 97.3 Å². The Morgan fingerprint density at radius 1 is 1.00 bits per heavy atom. The van der Waals surface area contributed by atoms with Gasteiger partial charge in [-0.3, -0.25) is 0 Å². The van der Waals surface area contributed by atoms with Gasteiger partial charge in [-0.25, -0.2) is 0 Å². The molecule has 1 heteroatoms. The van der Waals surface area contributed by atoms with Gasteiger partial charge in [-0.15, -0.1) is 0 Å². The second kappa shape index (κ2) is 8.21. The molecule has 1 unspecified atom stereocenters.